The highest BCUT2D eigenvalue weighted by Crippen LogP contribution is 2.37. The largest absolute Gasteiger partial charge is 0.312 e. The highest BCUT2D eigenvalue weighted by atomic mass is 32.2. The Labute approximate surface area is 119 Å². The summed E-state index contributed by atoms with van der Waals surface area (Å²) in [6, 6.07) is 1.79. The van der Waals surface area contributed by atoms with Gasteiger partial charge in [0.15, 0.2) is 0 Å². The van der Waals surface area contributed by atoms with E-state index in [0.717, 1.165) is 29.3 Å². The summed E-state index contributed by atoms with van der Waals surface area (Å²) < 4.78 is 27.2. The molecule has 0 amide bonds. The molecule has 1 aliphatic rings. The van der Waals surface area contributed by atoms with E-state index in [4.69, 9.17) is 0 Å². The van der Waals surface area contributed by atoms with Crippen LogP contribution in [0.3, 0.4) is 0 Å². The van der Waals surface area contributed by atoms with Crippen LogP contribution in [0.5, 0.6) is 0 Å². The third kappa shape index (κ3) is 3.78. The van der Waals surface area contributed by atoms with Gasteiger partial charge in [-0.2, -0.15) is 0 Å². The van der Waals surface area contributed by atoms with Crippen molar-refractivity contribution in [2.75, 3.05) is 13.1 Å². The van der Waals surface area contributed by atoms with Crippen LogP contribution in [0.1, 0.15) is 30.0 Å². The summed E-state index contributed by atoms with van der Waals surface area (Å²) in [5.74, 6) is 1.19. The Morgan fingerprint density at radius 3 is 2.74 bits per heavy atom. The van der Waals surface area contributed by atoms with Gasteiger partial charge in [-0.15, -0.1) is 11.3 Å². The first kappa shape index (κ1) is 15.0. The minimum atomic E-state index is -3.34. The van der Waals surface area contributed by atoms with Crippen LogP contribution in [0, 0.1) is 18.8 Å². The number of hydrogen-bond donors (Lipinski definition) is 2. The van der Waals surface area contributed by atoms with E-state index >= 15 is 0 Å². The van der Waals surface area contributed by atoms with Gasteiger partial charge >= 0.3 is 0 Å². The van der Waals surface area contributed by atoms with Crippen molar-refractivity contribution in [2.45, 2.75) is 38.6 Å². The summed E-state index contributed by atoms with van der Waals surface area (Å²) in [7, 11) is -3.34. The summed E-state index contributed by atoms with van der Waals surface area (Å²) in [4.78, 5) is 2.38. The fourth-order valence-corrected chi connectivity index (χ4v) is 4.80. The number of nitrogens with one attached hydrogen (secondary N) is 2. The topological polar surface area (TPSA) is 58.2 Å². The van der Waals surface area contributed by atoms with Crippen LogP contribution in [-0.2, 0) is 16.6 Å². The highest BCUT2D eigenvalue weighted by Gasteiger charge is 2.33. The second-order valence-electron chi connectivity index (χ2n) is 5.24. The second kappa shape index (κ2) is 5.91. The van der Waals surface area contributed by atoms with E-state index in [-0.39, 0.29) is 0 Å². The zero-order valence-electron chi connectivity index (χ0n) is 11.7. The molecule has 2 atom stereocenters. The molecule has 108 valence electrons. The predicted molar refractivity (Wildman–Crippen MR) is 78.9 cm³/mol. The van der Waals surface area contributed by atoms with Crippen molar-refractivity contribution < 1.29 is 8.42 Å². The average Bonchev–Trinajstić information content (AvgIpc) is 2.92. The second-order valence-corrected chi connectivity index (χ2v) is 8.31. The van der Waals surface area contributed by atoms with Crippen molar-refractivity contribution in [2.24, 2.45) is 11.8 Å². The van der Waals surface area contributed by atoms with Crippen molar-refractivity contribution in [3.8, 4) is 0 Å². The molecule has 0 bridgehead atoms. The first-order chi connectivity index (χ1) is 8.94. The third-order valence-corrected chi connectivity index (χ3v) is 6.30. The maximum absolute atomic E-state index is 12.3. The fourth-order valence-electron chi connectivity index (χ4n) is 2.10. The standard InChI is InChI=1S/C13H22N2O2S2/c1-4-14-8-12-6-13(10(3)18-12)19(16,17)15-7-11-5-9(11)2/h6,9,11,14-15H,4-5,7-8H2,1-3H3. The van der Waals surface area contributed by atoms with Gasteiger partial charge in [0, 0.05) is 22.8 Å². The Morgan fingerprint density at radius 2 is 2.16 bits per heavy atom. The van der Waals surface area contributed by atoms with E-state index in [0.29, 0.717) is 23.3 Å². The minimum Gasteiger partial charge on any atom is -0.312 e. The Balaban J connectivity index is 2.04. The predicted octanol–water partition coefficient (Wildman–Crippen LogP) is 2.10. The SMILES string of the molecule is CCNCc1cc(S(=O)(=O)NCC2CC2C)c(C)s1. The summed E-state index contributed by atoms with van der Waals surface area (Å²) in [5.41, 5.74) is 0. The molecule has 4 nitrogen and oxygen atoms in total. The molecule has 1 aromatic heterocycles. The molecule has 1 aromatic rings. The van der Waals surface area contributed by atoms with Crippen molar-refractivity contribution in [1.82, 2.24) is 10.0 Å². The van der Waals surface area contributed by atoms with E-state index in [9.17, 15) is 8.42 Å². The molecule has 0 saturated heterocycles. The van der Waals surface area contributed by atoms with Gasteiger partial charge < -0.3 is 5.32 Å². The zero-order chi connectivity index (χ0) is 14.0. The molecule has 6 heteroatoms. The van der Waals surface area contributed by atoms with Crippen molar-refractivity contribution >= 4 is 21.4 Å². The van der Waals surface area contributed by atoms with Crippen molar-refractivity contribution in [3.05, 3.63) is 15.8 Å². The van der Waals surface area contributed by atoms with Gasteiger partial charge in [0.1, 0.15) is 0 Å². The quantitative estimate of drug-likeness (QED) is 0.811. The summed E-state index contributed by atoms with van der Waals surface area (Å²) in [5, 5.41) is 3.22. The van der Waals surface area contributed by atoms with Crippen LogP contribution in [0.25, 0.3) is 0 Å². The molecule has 1 saturated carbocycles. The van der Waals surface area contributed by atoms with Gasteiger partial charge in [-0.25, -0.2) is 13.1 Å². The van der Waals surface area contributed by atoms with Gasteiger partial charge in [0.05, 0.1) is 4.90 Å². The van der Waals surface area contributed by atoms with Gasteiger partial charge in [-0.3, -0.25) is 0 Å². The van der Waals surface area contributed by atoms with Gasteiger partial charge in [-0.05, 0) is 37.8 Å². The fraction of sp³-hybridized carbons (Fsp3) is 0.692. The maximum Gasteiger partial charge on any atom is 0.241 e. The van der Waals surface area contributed by atoms with E-state index in [1.165, 1.54) is 0 Å². The summed E-state index contributed by atoms with van der Waals surface area (Å²) >= 11 is 1.55. The van der Waals surface area contributed by atoms with E-state index < -0.39 is 10.0 Å². The van der Waals surface area contributed by atoms with Gasteiger partial charge in [0.25, 0.3) is 0 Å². The average molecular weight is 302 g/mol. The molecule has 0 radical (unpaired) electrons. The molecule has 2 N–H and O–H groups in total. The van der Waals surface area contributed by atoms with Crippen LogP contribution < -0.4 is 10.0 Å². The van der Waals surface area contributed by atoms with Crippen LogP contribution in [-0.4, -0.2) is 21.5 Å². The van der Waals surface area contributed by atoms with E-state index in [1.54, 1.807) is 17.4 Å². The summed E-state index contributed by atoms with van der Waals surface area (Å²) in [6.45, 7) is 8.25. The number of rotatable bonds is 7. The molecular weight excluding hydrogens is 280 g/mol. The van der Waals surface area contributed by atoms with Crippen LogP contribution in [0.4, 0.5) is 0 Å². The number of thiophene rings is 1. The number of aryl methyl sites for hydroxylation is 1. The molecule has 1 heterocycles. The Hall–Kier alpha value is -0.430. The number of hydrogen-bond acceptors (Lipinski definition) is 4. The Bertz CT molecular complexity index is 537. The molecule has 19 heavy (non-hydrogen) atoms. The van der Waals surface area contributed by atoms with Crippen LogP contribution >= 0.6 is 11.3 Å². The molecule has 2 rings (SSSR count). The van der Waals surface area contributed by atoms with Gasteiger partial charge in [-0.1, -0.05) is 13.8 Å². The van der Waals surface area contributed by atoms with E-state index in [2.05, 4.69) is 17.0 Å². The molecule has 2 unspecified atom stereocenters. The molecular formula is C13H22N2O2S2. The van der Waals surface area contributed by atoms with Gasteiger partial charge in [0.2, 0.25) is 10.0 Å². The monoisotopic (exact) mass is 302 g/mol. The highest BCUT2D eigenvalue weighted by molar-refractivity contribution is 7.89. The number of sulfonamides is 1. The van der Waals surface area contributed by atoms with E-state index in [1.807, 2.05) is 13.8 Å². The Kier molecular flexibility index (Phi) is 4.66. The molecule has 0 spiro atoms. The lowest BCUT2D eigenvalue weighted by molar-refractivity contribution is 0.574. The van der Waals surface area contributed by atoms with Crippen LogP contribution in [0.2, 0.25) is 0 Å². The zero-order valence-corrected chi connectivity index (χ0v) is 13.3. The smallest absolute Gasteiger partial charge is 0.241 e. The molecule has 0 aliphatic heterocycles. The minimum absolute atomic E-state index is 0.443. The molecule has 0 aromatic carbocycles. The Morgan fingerprint density at radius 1 is 1.47 bits per heavy atom. The first-order valence-electron chi connectivity index (χ1n) is 6.73. The third-order valence-electron chi connectivity index (χ3n) is 3.57. The maximum atomic E-state index is 12.3. The normalized spacial score (nSPS) is 22.7. The van der Waals surface area contributed by atoms with Crippen LogP contribution in [0.15, 0.2) is 11.0 Å². The lowest BCUT2D eigenvalue weighted by Gasteiger charge is -2.05. The molecule has 1 fully saturated rings. The van der Waals surface area contributed by atoms with Crippen molar-refractivity contribution in [1.29, 1.82) is 0 Å². The first-order valence-corrected chi connectivity index (χ1v) is 9.03. The molecule has 1 aliphatic carbocycles. The lowest BCUT2D eigenvalue weighted by Crippen LogP contribution is -2.26. The van der Waals surface area contributed by atoms with Crippen molar-refractivity contribution in [3.63, 3.8) is 0 Å². The summed E-state index contributed by atoms with van der Waals surface area (Å²) in [6.07, 6.45) is 1.14. The lowest BCUT2D eigenvalue weighted by atomic mass is 10.3.